The lowest BCUT2D eigenvalue weighted by Crippen LogP contribution is -2.05. The molecule has 1 atom stereocenters. The predicted molar refractivity (Wildman–Crippen MR) is 64.6 cm³/mol. The van der Waals surface area contributed by atoms with Crippen molar-refractivity contribution in [3.63, 3.8) is 0 Å². The highest BCUT2D eigenvalue weighted by molar-refractivity contribution is 5.30. The molecule has 0 spiro atoms. The van der Waals surface area contributed by atoms with Gasteiger partial charge in [-0.1, -0.05) is 17.3 Å². The Bertz CT molecular complexity index is 492. The molecule has 0 radical (unpaired) electrons. The summed E-state index contributed by atoms with van der Waals surface area (Å²) in [6.45, 7) is 4.20. The van der Waals surface area contributed by atoms with Crippen molar-refractivity contribution in [3.8, 4) is 5.75 Å². The van der Waals surface area contributed by atoms with Crippen LogP contribution in [0.4, 0.5) is 0 Å². The highest BCUT2D eigenvalue weighted by Crippen LogP contribution is 2.18. The van der Waals surface area contributed by atoms with Crippen molar-refractivity contribution in [1.29, 1.82) is 0 Å². The smallest absolute Gasteiger partial charge is 0.174 e. The first-order valence-electron chi connectivity index (χ1n) is 5.55. The van der Waals surface area contributed by atoms with E-state index in [0.29, 0.717) is 12.4 Å². The van der Waals surface area contributed by atoms with Gasteiger partial charge in [-0.2, -0.15) is 0 Å². The number of aromatic nitrogens is 1. The van der Waals surface area contributed by atoms with E-state index in [1.54, 1.807) is 0 Å². The average Bonchev–Trinajstić information content (AvgIpc) is 2.73. The number of nitrogens with zero attached hydrogens (tertiary/aromatic N) is 1. The van der Waals surface area contributed by atoms with Crippen LogP contribution in [0.5, 0.6) is 5.75 Å². The summed E-state index contributed by atoms with van der Waals surface area (Å²) >= 11 is 0. The fourth-order valence-electron chi connectivity index (χ4n) is 1.53. The van der Waals surface area contributed by atoms with E-state index in [1.165, 1.54) is 0 Å². The molecular weight excluding hydrogens is 216 g/mol. The van der Waals surface area contributed by atoms with Crippen molar-refractivity contribution >= 4 is 0 Å². The normalized spacial score (nSPS) is 12.4. The molecule has 1 aromatic heterocycles. The summed E-state index contributed by atoms with van der Waals surface area (Å²) in [7, 11) is 0. The van der Waals surface area contributed by atoms with Crippen LogP contribution in [0.15, 0.2) is 34.9 Å². The molecular formula is C13H16N2O2. The monoisotopic (exact) mass is 232 g/mol. The van der Waals surface area contributed by atoms with Gasteiger partial charge in [-0.3, -0.25) is 0 Å². The van der Waals surface area contributed by atoms with Gasteiger partial charge < -0.3 is 15.0 Å². The summed E-state index contributed by atoms with van der Waals surface area (Å²) in [5.41, 5.74) is 7.72. The lowest BCUT2D eigenvalue weighted by molar-refractivity contribution is 0.248. The Morgan fingerprint density at radius 2 is 2.24 bits per heavy atom. The van der Waals surface area contributed by atoms with Crippen molar-refractivity contribution in [2.24, 2.45) is 5.73 Å². The van der Waals surface area contributed by atoms with E-state index >= 15 is 0 Å². The summed E-state index contributed by atoms with van der Waals surface area (Å²) < 4.78 is 10.7. The maximum atomic E-state index is 5.81. The molecule has 0 unspecified atom stereocenters. The minimum atomic E-state index is 0.00562. The maximum Gasteiger partial charge on any atom is 0.174 e. The van der Waals surface area contributed by atoms with Crippen LogP contribution in [0.1, 0.15) is 30.0 Å². The van der Waals surface area contributed by atoms with Gasteiger partial charge in [0.15, 0.2) is 5.76 Å². The zero-order valence-electron chi connectivity index (χ0n) is 10.0. The molecule has 0 aliphatic heterocycles. The quantitative estimate of drug-likeness (QED) is 0.880. The molecule has 0 aliphatic carbocycles. The van der Waals surface area contributed by atoms with Crippen LogP contribution in [0.3, 0.4) is 0 Å². The number of rotatable bonds is 4. The molecule has 0 bridgehead atoms. The van der Waals surface area contributed by atoms with Crippen molar-refractivity contribution in [3.05, 3.63) is 47.3 Å². The third kappa shape index (κ3) is 3.07. The van der Waals surface area contributed by atoms with Gasteiger partial charge in [-0.15, -0.1) is 0 Å². The fraction of sp³-hybridized carbons (Fsp3) is 0.308. The maximum absolute atomic E-state index is 5.81. The van der Waals surface area contributed by atoms with E-state index in [9.17, 15) is 0 Å². The van der Waals surface area contributed by atoms with Crippen molar-refractivity contribution in [2.45, 2.75) is 26.5 Å². The number of aryl methyl sites for hydroxylation is 1. The SMILES string of the molecule is Cc1cc(COc2cccc([C@@H](C)N)c2)on1. The number of ether oxygens (including phenoxy) is 1. The Morgan fingerprint density at radius 1 is 1.41 bits per heavy atom. The molecule has 0 fully saturated rings. The molecule has 0 amide bonds. The van der Waals surface area contributed by atoms with Gasteiger partial charge in [-0.05, 0) is 31.5 Å². The molecule has 0 saturated carbocycles. The molecule has 0 saturated heterocycles. The van der Waals surface area contributed by atoms with E-state index in [4.69, 9.17) is 15.0 Å². The molecule has 17 heavy (non-hydrogen) atoms. The number of nitrogens with two attached hydrogens (primary N) is 1. The highest BCUT2D eigenvalue weighted by Gasteiger charge is 2.04. The van der Waals surface area contributed by atoms with E-state index < -0.39 is 0 Å². The van der Waals surface area contributed by atoms with Gasteiger partial charge in [-0.25, -0.2) is 0 Å². The summed E-state index contributed by atoms with van der Waals surface area (Å²) in [6.07, 6.45) is 0. The van der Waals surface area contributed by atoms with E-state index in [-0.39, 0.29) is 6.04 Å². The highest BCUT2D eigenvalue weighted by atomic mass is 16.5. The molecule has 90 valence electrons. The first-order chi connectivity index (χ1) is 8.15. The van der Waals surface area contributed by atoms with Gasteiger partial charge in [0.25, 0.3) is 0 Å². The average molecular weight is 232 g/mol. The Kier molecular flexibility index (Phi) is 3.44. The molecule has 4 nitrogen and oxygen atoms in total. The van der Waals surface area contributed by atoms with Gasteiger partial charge >= 0.3 is 0 Å². The first-order valence-corrected chi connectivity index (χ1v) is 5.55. The Labute approximate surface area is 100 Å². The van der Waals surface area contributed by atoms with Crippen LogP contribution in [0, 0.1) is 6.92 Å². The standard InChI is InChI=1S/C13H16N2O2/c1-9-6-13(17-15-9)8-16-12-5-3-4-11(7-12)10(2)14/h3-7,10H,8,14H2,1-2H3/t10-/m1/s1. The van der Waals surface area contributed by atoms with Crippen LogP contribution < -0.4 is 10.5 Å². The molecule has 1 aromatic carbocycles. The first kappa shape index (κ1) is 11.7. The Balaban J connectivity index is 2.01. The number of hydrogen-bond acceptors (Lipinski definition) is 4. The lowest BCUT2D eigenvalue weighted by Gasteiger charge is -2.08. The summed E-state index contributed by atoms with van der Waals surface area (Å²) in [5, 5.41) is 3.80. The third-order valence-corrected chi connectivity index (χ3v) is 2.44. The van der Waals surface area contributed by atoms with Crippen LogP contribution in [-0.2, 0) is 6.61 Å². The summed E-state index contributed by atoms with van der Waals surface area (Å²) in [6, 6.07) is 9.61. The molecule has 2 N–H and O–H groups in total. The third-order valence-electron chi connectivity index (χ3n) is 2.44. The van der Waals surface area contributed by atoms with Crippen LogP contribution >= 0.6 is 0 Å². The zero-order chi connectivity index (χ0) is 12.3. The van der Waals surface area contributed by atoms with Crippen molar-refractivity contribution in [2.75, 3.05) is 0 Å². The van der Waals surface area contributed by atoms with Crippen LogP contribution in [0.2, 0.25) is 0 Å². The Hall–Kier alpha value is -1.81. The van der Waals surface area contributed by atoms with Gasteiger partial charge in [0.2, 0.25) is 0 Å². The van der Waals surface area contributed by atoms with Crippen LogP contribution in [-0.4, -0.2) is 5.16 Å². The van der Waals surface area contributed by atoms with Gasteiger partial charge in [0, 0.05) is 12.1 Å². The van der Waals surface area contributed by atoms with Gasteiger partial charge in [0.05, 0.1) is 5.69 Å². The summed E-state index contributed by atoms with van der Waals surface area (Å²) in [4.78, 5) is 0. The second kappa shape index (κ2) is 5.01. The minimum absolute atomic E-state index is 0.00562. The fourth-order valence-corrected chi connectivity index (χ4v) is 1.53. The lowest BCUT2D eigenvalue weighted by atomic mass is 10.1. The van der Waals surface area contributed by atoms with Crippen molar-refractivity contribution in [1.82, 2.24) is 5.16 Å². The number of benzene rings is 1. The van der Waals surface area contributed by atoms with E-state index in [0.717, 1.165) is 17.0 Å². The Morgan fingerprint density at radius 3 is 2.88 bits per heavy atom. The van der Waals surface area contributed by atoms with Crippen LogP contribution in [0.25, 0.3) is 0 Å². The van der Waals surface area contributed by atoms with E-state index in [1.807, 2.05) is 44.2 Å². The van der Waals surface area contributed by atoms with Gasteiger partial charge in [0.1, 0.15) is 12.4 Å². The van der Waals surface area contributed by atoms with E-state index in [2.05, 4.69) is 5.16 Å². The number of hydrogen-bond donors (Lipinski definition) is 1. The predicted octanol–water partition coefficient (Wildman–Crippen LogP) is 2.58. The molecule has 4 heteroatoms. The largest absolute Gasteiger partial charge is 0.486 e. The zero-order valence-corrected chi connectivity index (χ0v) is 10.0. The topological polar surface area (TPSA) is 61.3 Å². The molecule has 0 aliphatic rings. The second-order valence-corrected chi connectivity index (χ2v) is 4.08. The minimum Gasteiger partial charge on any atom is -0.486 e. The summed E-state index contributed by atoms with van der Waals surface area (Å²) in [5.74, 6) is 1.50. The molecule has 2 rings (SSSR count). The molecule has 1 heterocycles. The van der Waals surface area contributed by atoms with Crippen molar-refractivity contribution < 1.29 is 9.26 Å². The molecule has 2 aromatic rings. The second-order valence-electron chi connectivity index (χ2n) is 4.08.